The topological polar surface area (TPSA) is 75.7 Å². The minimum absolute atomic E-state index is 0.0889. The molecule has 146 valence electrons. The maximum absolute atomic E-state index is 12.5. The van der Waals surface area contributed by atoms with E-state index >= 15 is 0 Å². The zero-order chi connectivity index (χ0) is 20.1. The smallest absolute Gasteiger partial charge is 0.252 e. The molecule has 1 amide bonds. The fraction of sp³-hybridized carbons (Fsp3) is 0.105. The van der Waals surface area contributed by atoms with E-state index in [2.05, 4.69) is 5.32 Å². The lowest BCUT2D eigenvalue weighted by Gasteiger charge is -2.16. The molecule has 0 aliphatic carbocycles. The first-order valence-electron chi connectivity index (χ1n) is 8.19. The number of likely N-dealkylation sites (N-methyl/N-ethyl adjacent to an activating group) is 1. The van der Waals surface area contributed by atoms with Crippen molar-refractivity contribution in [3.8, 4) is 11.5 Å². The van der Waals surface area contributed by atoms with Crippen LogP contribution in [0.5, 0.6) is 11.5 Å². The Morgan fingerprint density at radius 1 is 1.07 bits per heavy atom. The van der Waals surface area contributed by atoms with Crippen LogP contribution >= 0.6 is 22.9 Å². The lowest BCUT2D eigenvalue weighted by atomic mass is 10.3. The number of sulfonamides is 1. The number of nitrogens with zero attached hydrogens (tertiary/aromatic N) is 1. The normalized spacial score (nSPS) is 11.4. The summed E-state index contributed by atoms with van der Waals surface area (Å²) in [4.78, 5) is 12.3. The number of anilines is 1. The molecule has 1 aromatic heterocycles. The van der Waals surface area contributed by atoms with Gasteiger partial charge in [-0.1, -0.05) is 35.9 Å². The Morgan fingerprint density at radius 2 is 1.79 bits per heavy atom. The van der Waals surface area contributed by atoms with Gasteiger partial charge in [-0.25, -0.2) is 8.42 Å². The van der Waals surface area contributed by atoms with Gasteiger partial charge in [0.05, 0.1) is 10.9 Å². The van der Waals surface area contributed by atoms with Crippen LogP contribution in [-0.4, -0.2) is 32.2 Å². The maximum Gasteiger partial charge on any atom is 0.252 e. The molecule has 0 atom stereocenters. The predicted octanol–water partition coefficient (Wildman–Crippen LogP) is 4.45. The van der Waals surface area contributed by atoms with E-state index in [1.54, 1.807) is 24.3 Å². The number of benzene rings is 2. The van der Waals surface area contributed by atoms with E-state index in [1.807, 2.05) is 30.3 Å². The SMILES string of the molecule is CN(CC(=O)Nc1cccc(Oc2ccccc2)c1)S(=O)(=O)c1ccc(Cl)s1. The molecule has 9 heteroatoms. The van der Waals surface area contributed by atoms with Crippen LogP contribution in [0.15, 0.2) is 70.9 Å². The zero-order valence-electron chi connectivity index (χ0n) is 14.8. The van der Waals surface area contributed by atoms with E-state index in [-0.39, 0.29) is 10.8 Å². The van der Waals surface area contributed by atoms with Crippen LogP contribution in [0.2, 0.25) is 4.34 Å². The molecule has 28 heavy (non-hydrogen) atoms. The summed E-state index contributed by atoms with van der Waals surface area (Å²) in [6, 6.07) is 19.0. The predicted molar refractivity (Wildman–Crippen MR) is 111 cm³/mol. The Hall–Kier alpha value is -2.39. The van der Waals surface area contributed by atoms with Crippen molar-refractivity contribution in [2.24, 2.45) is 0 Å². The van der Waals surface area contributed by atoms with E-state index in [9.17, 15) is 13.2 Å². The minimum Gasteiger partial charge on any atom is -0.457 e. The lowest BCUT2D eigenvalue weighted by molar-refractivity contribution is -0.116. The first-order valence-corrected chi connectivity index (χ1v) is 10.8. The highest BCUT2D eigenvalue weighted by Crippen LogP contribution is 2.28. The van der Waals surface area contributed by atoms with Gasteiger partial charge in [0, 0.05) is 18.8 Å². The van der Waals surface area contributed by atoms with Crippen LogP contribution in [0.25, 0.3) is 0 Å². The second-order valence-electron chi connectivity index (χ2n) is 5.81. The molecule has 3 rings (SSSR count). The molecule has 0 bridgehead atoms. The summed E-state index contributed by atoms with van der Waals surface area (Å²) in [6.07, 6.45) is 0. The lowest BCUT2D eigenvalue weighted by Crippen LogP contribution is -2.34. The molecule has 3 aromatic rings. The van der Waals surface area contributed by atoms with Crippen LogP contribution < -0.4 is 10.1 Å². The molecular weight excluding hydrogens is 420 g/mol. The summed E-state index contributed by atoms with van der Waals surface area (Å²) in [5.41, 5.74) is 0.503. The third-order valence-corrected chi connectivity index (χ3v) is 7.18. The number of carbonyl (C=O) groups excluding carboxylic acids is 1. The van der Waals surface area contributed by atoms with Crippen molar-refractivity contribution >= 4 is 44.6 Å². The van der Waals surface area contributed by atoms with Crippen LogP contribution in [0.1, 0.15) is 0 Å². The average molecular weight is 437 g/mol. The van der Waals surface area contributed by atoms with Crippen molar-refractivity contribution in [2.75, 3.05) is 18.9 Å². The van der Waals surface area contributed by atoms with Gasteiger partial charge >= 0.3 is 0 Å². The van der Waals surface area contributed by atoms with E-state index in [0.29, 0.717) is 21.5 Å². The molecule has 1 N–H and O–H groups in total. The molecule has 0 saturated carbocycles. The first kappa shape index (κ1) is 20.3. The molecule has 0 fully saturated rings. The second kappa shape index (κ2) is 8.74. The Balaban J connectivity index is 1.64. The number of halogens is 1. The quantitative estimate of drug-likeness (QED) is 0.593. The van der Waals surface area contributed by atoms with E-state index in [4.69, 9.17) is 16.3 Å². The van der Waals surface area contributed by atoms with Gasteiger partial charge in [0.25, 0.3) is 10.0 Å². The summed E-state index contributed by atoms with van der Waals surface area (Å²) in [5, 5.41) is 2.68. The molecule has 0 aliphatic rings. The third kappa shape index (κ3) is 5.11. The number of hydrogen-bond acceptors (Lipinski definition) is 5. The number of carbonyl (C=O) groups is 1. The van der Waals surface area contributed by atoms with Gasteiger partial charge in [0.2, 0.25) is 5.91 Å². The van der Waals surface area contributed by atoms with E-state index < -0.39 is 15.9 Å². The molecular formula is C19H17ClN2O4S2. The monoisotopic (exact) mass is 436 g/mol. The van der Waals surface area contributed by atoms with Crippen molar-refractivity contribution < 1.29 is 17.9 Å². The Morgan fingerprint density at radius 3 is 2.46 bits per heavy atom. The molecule has 0 saturated heterocycles. The first-order chi connectivity index (χ1) is 13.3. The standard InChI is InChI=1S/C19H17ClN2O4S2/c1-22(28(24,25)19-11-10-17(20)27-19)13-18(23)21-14-6-5-9-16(12-14)26-15-7-3-2-4-8-15/h2-12H,13H2,1H3,(H,21,23). The van der Waals surface area contributed by atoms with Crippen LogP contribution in [-0.2, 0) is 14.8 Å². The number of nitrogens with one attached hydrogen (secondary N) is 1. The molecule has 0 radical (unpaired) electrons. The summed E-state index contributed by atoms with van der Waals surface area (Å²) in [7, 11) is -2.43. The van der Waals surface area contributed by atoms with Gasteiger partial charge in [-0.15, -0.1) is 11.3 Å². The number of ether oxygens (including phenoxy) is 1. The van der Waals surface area contributed by atoms with Crippen molar-refractivity contribution in [2.45, 2.75) is 4.21 Å². The average Bonchev–Trinajstić information content (AvgIpc) is 3.10. The Bertz CT molecular complexity index is 1070. The maximum atomic E-state index is 12.5. The van der Waals surface area contributed by atoms with Crippen LogP contribution in [0.3, 0.4) is 0 Å². The van der Waals surface area contributed by atoms with Crippen molar-refractivity contribution in [3.05, 3.63) is 71.1 Å². The fourth-order valence-electron chi connectivity index (χ4n) is 2.34. The van der Waals surface area contributed by atoms with Crippen molar-refractivity contribution in [3.63, 3.8) is 0 Å². The molecule has 0 aliphatic heterocycles. The van der Waals surface area contributed by atoms with Crippen molar-refractivity contribution in [1.82, 2.24) is 4.31 Å². The third-order valence-electron chi connectivity index (χ3n) is 3.68. The second-order valence-corrected chi connectivity index (χ2v) is 9.80. The summed E-state index contributed by atoms with van der Waals surface area (Å²) in [6.45, 7) is -0.332. The molecule has 0 spiro atoms. The summed E-state index contributed by atoms with van der Waals surface area (Å²) < 4.78 is 32.1. The Kier molecular flexibility index (Phi) is 6.35. The van der Waals surface area contributed by atoms with Crippen molar-refractivity contribution in [1.29, 1.82) is 0 Å². The van der Waals surface area contributed by atoms with Gasteiger partial charge in [-0.05, 0) is 36.4 Å². The Labute approximate surface area is 172 Å². The largest absolute Gasteiger partial charge is 0.457 e. The van der Waals surface area contributed by atoms with Crippen LogP contribution in [0.4, 0.5) is 5.69 Å². The number of hydrogen-bond donors (Lipinski definition) is 1. The minimum atomic E-state index is -3.77. The molecule has 2 aromatic carbocycles. The van der Waals surface area contributed by atoms with E-state index in [1.165, 1.54) is 19.2 Å². The highest BCUT2D eigenvalue weighted by Gasteiger charge is 2.24. The van der Waals surface area contributed by atoms with Crippen LogP contribution in [0, 0.1) is 0 Å². The highest BCUT2D eigenvalue weighted by atomic mass is 35.5. The zero-order valence-corrected chi connectivity index (χ0v) is 17.2. The van der Waals surface area contributed by atoms with E-state index in [0.717, 1.165) is 15.6 Å². The fourth-order valence-corrected chi connectivity index (χ4v) is 5.16. The molecule has 0 unspecified atom stereocenters. The molecule has 1 heterocycles. The van der Waals surface area contributed by atoms with Gasteiger partial charge in [-0.2, -0.15) is 4.31 Å². The summed E-state index contributed by atoms with van der Waals surface area (Å²) >= 11 is 6.75. The number of amides is 1. The number of rotatable bonds is 7. The van der Waals surface area contributed by atoms with Gasteiger partial charge in [0.15, 0.2) is 0 Å². The van der Waals surface area contributed by atoms with Gasteiger partial charge < -0.3 is 10.1 Å². The number of para-hydroxylation sites is 1. The highest BCUT2D eigenvalue weighted by molar-refractivity contribution is 7.91. The van der Waals surface area contributed by atoms with Gasteiger partial charge in [-0.3, -0.25) is 4.79 Å². The summed E-state index contributed by atoms with van der Waals surface area (Å²) in [5.74, 6) is 0.759. The molecule has 6 nitrogen and oxygen atoms in total. The number of thiophene rings is 1. The van der Waals surface area contributed by atoms with Gasteiger partial charge in [0.1, 0.15) is 15.7 Å².